The maximum Gasteiger partial charge on any atom is 0.329 e. The second-order valence-corrected chi connectivity index (χ2v) is 6.28. The first-order valence-electron chi connectivity index (χ1n) is 6.82. The van der Waals surface area contributed by atoms with Crippen LogP contribution >= 0.6 is 11.3 Å². The van der Waals surface area contributed by atoms with Gasteiger partial charge in [0, 0.05) is 23.7 Å². The van der Waals surface area contributed by atoms with E-state index in [-0.39, 0.29) is 12.1 Å². The zero-order chi connectivity index (χ0) is 15.7. The Morgan fingerprint density at radius 1 is 1.41 bits per heavy atom. The summed E-state index contributed by atoms with van der Waals surface area (Å²) in [5, 5.41) is 4.74. The van der Waals surface area contributed by atoms with E-state index >= 15 is 0 Å². The molecule has 7 nitrogen and oxygen atoms in total. The van der Waals surface area contributed by atoms with Gasteiger partial charge in [-0.15, -0.1) is 11.3 Å². The molecule has 3 heterocycles. The van der Waals surface area contributed by atoms with Gasteiger partial charge in [-0.25, -0.2) is 4.79 Å². The largest absolute Gasteiger partial charge is 0.383 e. The lowest BCUT2D eigenvalue weighted by atomic mass is 10.3. The van der Waals surface area contributed by atoms with Crippen molar-refractivity contribution < 1.29 is 4.74 Å². The molecule has 0 aliphatic carbocycles. The summed E-state index contributed by atoms with van der Waals surface area (Å²) < 4.78 is 7.92. The zero-order valence-corrected chi connectivity index (χ0v) is 13.1. The van der Waals surface area contributed by atoms with Gasteiger partial charge in [0.2, 0.25) is 0 Å². The maximum absolute atomic E-state index is 12.4. The molecule has 3 aromatic rings. The van der Waals surface area contributed by atoms with Crippen LogP contribution in [0.1, 0.15) is 10.4 Å². The fourth-order valence-corrected chi connectivity index (χ4v) is 3.18. The molecule has 22 heavy (non-hydrogen) atoms. The van der Waals surface area contributed by atoms with Gasteiger partial charge in [0.05, 0.1) is 31.3 Å². The molecule has 0 bridgehead atoms. The van der Waals surface area contributed by atoms with E-state index in [4.69, 9.17) is 4.74 Å². The number of H-pyrrole nitrogens is 1. The summed E-state index contributed by atoms with van der Waals surface area (Å²) in [5.41, 5.74) is 0.131. The Bertz CT molecular complexity index is 918. The van der Waals surface area contributed by atoms with Gasteiger partial charge in [-0.05, 0) is 13.0 Å². The number of hydrogen-bond donors (Lipinski definition) is 1. The summed E-state index contributed by atoms with van der Waals surface area (Å²) in [7, 11) is 1.63. The van der Waals surface area contributed by atoms with Crippen molar-refractivity contribution >= 4 is 21.6 Å². The van der Waals surface area contributed by atoms with E-state index in [1.807, 2.05) is 13.1 Å². The Balaban J connectivity index is 1.95. The van der Waals surface area contributed by atoms with Crippen LogP contribution in [0.5, 0.6) is 0 Å². The number of nitrogens with zero attached hydrogens (tertiary/aromatic N) is 3. The topological polar surface area (TPSA) is 81.9 Å². The quantitative estimate of drug-likeness (QED) is 0.759. The van der Waals surface area contributed by atoms with Crippen molar-refractivity contribution in [3.05, 3.63) is 49.7 Å². The van der Waals surface area contributed by atoms with Gasteiger partial charge in [-0.3, -0.25) is 19.0 Å². The molecule has 0 unspecified atom stereocenters. The number of rotatable bonds is 5. The highest BCUT2D eigenvalue weighted by molar-refractivity contribution is 7.18. The van der Waals surface area contributed by atoms with Crippen molar-refractivity contribution in [2.75, 3.05) is 13.7 Å². The molecule has 0 aliphatic rings. The van der Waals surface area contributed by atoms with E-state index in [1.54, 1.807) is 24.1 Å². The number of nitrogens with one attached hydrogen (secondary N) is 1. The smallest absolute Gasteiger partial charge is 0.329 e. The first-order chi connectivity index (χ1) is 10.6. The number of thiophene rings is 1. The summed E-state index contributed by atoms with van der Waals surface area (Å²) in [6.07, 6.45) is 3.47. The Kier molecular flexibility index (Phi) is 3.95. The van der Waals surface area contributed by atoms with Crippen LogP contribution in [0.15, 0.2) is 28.0 Å². The van der Waals surface area contributed by atoms with Crippen molar-refractivity contribution in [2.24, 2.45) is 0 Å². The van der Waals surface area contributed by atoms with Crippen molar-refractivity contribution in [3.8, 4) is 0 Å². The Hall–Kier alpha value is -2.19. The minimum absolute atomic E-state index is 0.200. The van der Waals surface area contributed by atoms with Crippen LogP contribution in [0.25, 0.3) is 10.2 Å². The van der Waals surface area contributed by atoms with Crippen LogP contribution in [-0.2, 0) is 17.8 Å². The number of aromatic nitrogens is 4. The van der Waals surface area contributed by atoms with E-state index < -0.39 is 5.69 Å². The van der Waals surface area contributed by atoms with Gasteiger partial charge in [-0.2, -0.15) is 5.10 Å². The van der Waals surface area contributed by atoms with Crippen LogP contribution in [0, 0.1) is 6.92 Å². The van der Waals surface area contributed by atoms with Crippen LogP contribution in [0.3, 0.4) is 0 Å². The molecule has 0 radical (unpaired) electrons. The third kappa shape index (κ3) is 2.75. The van der Waals surface area contributed by atoms with E-state index in [9.17, 15) is 9.59 Å². The van der Waals surface area contributed by atoms with E-state index in [0.717, 1.165) is 10.4 Å². The number of aromatic amines is 1. The Morgan fingerprint density at radius 3 is 3.00 bits per heavy atom. The van der Waals surface area contributed by atoms with Crippen molar-refractivity contribution in [3.63, 3.8) is 0 Å². The van der Waals surface area contributed by atoms with Gasteiger partial charge in [0.15, 0.2) is 0 Å². The number of hydrogen-bond acceptors (Lipinski definition) is 5. The summed E-state index contributed by atoms with van der Waals surface area (Å²) in [6, 6.07) is 1.80. The Morgan fingerprint density at radius 2 is 2.23 bits per heavy atom. The van der Waals surface area contributed by atoms with Crippen LogP contribution in [-0.4, -0.2) is 33.0 Å². The lowest BCUT2D eigenvalue weighted by molar-refractivity contribution is 0.183. The molecule has 0 fully saturated rings. The lowest BCUT2D eigenvalue weighted by Crippen LogP contribution is -2.34. The van der Waals surface area contributed by atoms with Gasteiger partial charge >= 0.3 is 5.69 Å². The molecular weight excluding hydrogens is 304 g/mol. The number of fused-ring (bicyclic) bond motifs is 1. The molecule has 1 N–H and O–H groups in total. The standard InChI is InChI=1S/C14H16N4O3S/c1-9-5-11-12(22-9)16-14(20)18(13(11)19)8-10-6-15-17(7-10)3-4-21-2/h5-7H,3-4,8H2,1-2H3,(H,16,20). The minimum atomic E-state index is -0.399. The molecule has 0 aromatic carbocycles. The maximum atomic E-state index is 12.4. The first-order valence-corrected chi connectivity index (χ1v) is 7.63. The van der Waals surface area contributed by atoms with E-state index in [1.165, 1.54) is 15.9 Å². The minimum Gasteiger partial charge on any atom is -0.383 e. The van der Waals surface area contributed by atoms with Crippen molar-refractivity contribution in [1.29, 1.82) is 0 Å². The molecule has 8 heteroatoms. The molecule has 0 aliphatic heterocycles. The number of ether oxygens (including phenoxy) is 1. The SMILES string of the molecule is COCCn1cc(Cn2c(=O)[nH]c3sc(C)cc3c2=O)cn1. The predicted molar refractivity (Wildman–Crippen MR) is 84.6 cm³/mol. The highest BCUT2D eigenvalue weighted by Gasteiger charge is 2.11. The third-order valence-corrected chi connectivity index (χ3v) is 4.31. The van der Waals surface area contributed by atoms with Gasteiger partial charge in [0.25, 0.3) is 5.56 Å². The molecule has 116 valence electrons. The summed E-state index contributed by atoms with van der Waals surface area (Å²) in [5.74, 6) is 0. The second kappa shape index (κ2) is 5.90. The average Bonchev–Trinajstić information content (AvgIpc) is 3.07. The predicted octanol–water partition coefficient (Wildman–Crippen LogP) is 0.951. The highest BCUT2D eigenvalue weighted by atomic mass is 32.1. The molecule has 0 spiro atoms. The molecule has 0 amide bonds. The van der Waals surface area contributed by atoms with E-state index in [2.05, 4.69) is 10.1 Å². The fraction of sp³-hybridized carbons (Fsp3) is 0.357. The van der Waals surface area contributed by atoms with Gasteiger partial charge in [-0.1, -0.05) is 0 Å². The van der Waals surface area contributed by atoms with Crippen LogP contribution in [0.4, 0.5) is 0 Å². The van der Waals surface area contributed by atoms with Crippen LogP contribution in [0.2, 0.25) is 0 Å². The lowest BCUT2D eigenvalue weighted by Gasteiger charge is -2.02. The summed E-state index contributed by atoms with van der Waals surface area (Å²) in [4.78, 5) is 28.9. The summed E-state index contributed by atoms with van der Waals surface area (Å²) in [6.45, 7) is 3.30. The summed E-state index contributed by atoms with van der Waals surface area (Å²) >= 11 is 1.41. The van der Waals surface area contributed by atoms with Crippen molar-refractivity contribution in [2.45, 2.75) is 20.0 Å². The monoisotopic (exact) mass is 320 g/mol. The fourth-order valence-electron chi connectivity index (χ4n) is 2.29. The zero-order valence-electron chi connectivity index (χ0n) is 12.3. The molecule has 3 aromatic heterocycles. The second-order valence-electron chi connectivity index (χ2n) is 5.03. The molecule has 0 atom stereocenters. The van der Waals surface area contributed by atoms with Gasteiger partial charge in [0.1, 0.15) is 4.83 Å². The first kappa shape index (κ1) is 14.7. The molecular formula is C14H16N4O3S. The third-order valence-electron chi connectivity index (χ3n) is 3.35. The normalized spacial score (nSPS) is 11.4. The molecule has 0 saturated heterocycles. The molecule has 0 saturated carbocycles. The van der Waals surface area contributed by atoms with E-state index in [0.29, 0.717) is 23.4 Å². The van der Waals surface area contributed by atoms with Gasteiger partial charge < -0.3 is 4.74 Å². The number of methoxy groups -OCH3 is 1. The Labute approximate surface area is 129 Å². The van der Waals surface area contributed by atoms with Crippen LogP contribution < -0.4 is 11.2 Å². The average molecular weight is 320 g/mol. The van der Waals surface area contributed by atoms with Crippen molar-refractivity contribution in [1.82, 2.24) is 19.3 Å². The highest BCUT2D eigenvalue weighted by Crippen LogP contribution is 2.18. The molecule has 3 rings (SSSR count). The number of aryl methyl sites for hydroxylation is 1.